The number of hydrogen-bond donors (Lipinski definition) is 1. The van der Waals surface area contributed by atoms with Gasteiger partial charge in [0.05, 0.1) is 5.75 Å². The third-order valence-electron chi connectivity index (χ3n) is 1.60. The SMILES string of the molecule is O=S(O)CCc1cccnc1OC(F)F. The van der Waals surface area contributed by atoms with Gasteiger partial charge in [-0.2, -0.15) is 8.78 Å². The number of nitrogens with zero attached hydrogens (tertiary/aromatic N) is 1. The largest absolute Gasteiger partial charge is 0.417 e. The highest BCUT2D eigenvalue weighted by Crippen LogP contribution is 2.17. The molecular weight excluding hydrogens is 228 g/mol. The first-order valence-corrected chi connectivity index (χ1v) is 5.33. The number of hydrogen-bond acceptors (Lipinski definition) is 3. The van der Waals surface area contributed by atoms with Gasteiger partial charge in [-0.3, -0.25) is 0 Å². The molecule has 0 fully saturated rings. The molecule has 0 saturated heterocycles. The number of ether oxygens (including phenoxy) is 1. The Morgan fingerprint density at radius 2 is 2.33 bits per heavy atom. The van der Waals surface area contributed by atoms with Gasteiger partial charge < -0.3 is 9.29 Å². The molecule has 4 nitrogen and oxygen atoms in total. The predicted octanol–water partition coefficient (Wildman–Crippen LogP) is 1.45. The van der Waals surface area contributed by atoms with Crippen LogP contribution in [-0.4, -0.2) is 26.1 Å². The standard InChI is InChI=1S/C8H9F2NO3S/c9-8(10)14-7-6(2-1-4-11-7)3-5-15(12)13/h1-2,4,8H,3,5H2,(H,12,13). The summed E-state index contributed by atoms with van der Waals surface area (Å²) in [5.41, 5.74) is 0.389. The number of aromatic nitrogens is 1. The molecule has 0 aliphatic heterocycles. The van der Waals surface area contributed by atoms with Gasteiger partial charge in [-0.1, -0.05) is 6.07 Å². The molecule has 1 N–H and O–H groups in total. The van der Waals surface area contributed by atoms with Crippen LogP contribution < -0.4 is 4.74 Å². The van der Waals surface area contributed by atoms with Crippen molar-refractivity contribution in [1.82, 2.24) is 4.98 Å². The van der Waals surface area contributed by atoms with Crippen LogP contribution in [-0.2, 0) is 17.5 Å². The van der Waals surface area contributed by atoms with Gasteiger partial charge in [-0.05, 0) is 12.5 Å². The summed E-state index contributed by atoms with van der Waals surface area (Å²) in [7, 11) is 0. The van der Waals surface area contributed by atoms with Crippen molar-refractivity contribution in [2.45, 2.75) is 13.0 Å². The average Bonchev–Trinajstić information content (AvgIpc) is 2.15. The molecular formula is C8H9F2NO3S. The normalized spacial score (nSPS) is 12.8. The number of alkyl halides is 2. The van der Waals surface area contributed by atoms with E-state index in [1.807, 2.05) is 0 Å². The summed E-state index contributed by atoms with van der Waals surface area (Å²) < 4.78 is 47.0. The summed E-state index contributed by atoms with van der Waals surface area (Å²) >= 11 is -1.96. The Morgan fingerprint density at radius 3 is 2.93 bits per heavy atom. The van der Waals surface area contributed by atoms with Crippen LogP contribution in [0.4, 0.5) is 8.78 Å². The van der Waals surface area contributed by atoms with Crippen LogP contribution in [0.3, 0.4) is 0 Å². The van der Waals surface area contributed by atoms with Crippen molar-refractivity contribution in [2.75, 3.05) is 5.75 Å². The predicted molar refractivity (Wildman–Crippen MR) is 50.2 cm³/mol. The van der Waals surface area contributed by atoms with Gasteiger partial charge in [0.25, 0.3) is 0 Å². The molecule has 0 bridgehead atoms. The van der Waals surface area contributed by atoms with Gasteiger partial charge in [-0.15, -0.1) is 0 Å². The zero-order valence-electron chi connectivity index (χ0n) is 7.60. The molecule has 0 saturated carbocycles. The fourth-order valence-corrected chi connectivity index (χ4v) is 1.40. The monoisotopic (exact) mass is 237 g/mol. The third kappa shape index (κ3) is 4.30. The molecule has 1 atom stereocenters. The second-order valence-corrected chi connectivity index (χ2v) is 3.67. The summed E-state index contributed by atoms with van der Waals surface area (Å²) in [4.78, 5) is 3.61. The fraction of sp³-hybridized carbons (Fsp3) is 0.375. The first-order chi connectivity index (χ1) is 7.09. The highest BCUT2D eigenvalue weighted by molar-refractivity contribution is 7.79. The minimum absolute atomic E-state index is 0.0364. The van der Waals surface area contributed by atoms with Crippen molar-refractivity contribution >= 4 is 11.1 Å². The lowest BCUT2D eigenvalue weighted by Gasteiger charge is -2.07. The van der Waals surface area contributed by atoms with Crippen LogP contribution in [0.2, 0.25) is 0 Å². The Morgan fingerprint density at radius 1 is 1.60 bits per heavy atom. The molecule has 0 amide bonds. The maximum Gasteiger partial charge on any atom is 0.388 e. The molecule has 0 aliphatic rings. The first kappa shape index (κ1) is 12.0. The number of rotatable bonds is 5. The van der Waals surface area contributed by atoms with Crippen LogP contribution >= 0.6 is 0 Å². The number of pyridine rings is 1. The molecule has 1 aromatic rings. The zero-order chi connectivity index (χ0) is 11.3. The minimum atomic E-state index is -2.95. The molecule has 0 aromatic carbocycles. The van der Waals surface area contributed by atoms with Gasteiger partial charge in [0.1, 0.15) is 0 Å². The van der Waals surface area contributed by atoms with Crippen molar-refractivity contribution in [2.24, 2.45) is 0 Å². The summed E-state index contributed by atoms with van der Waals surface area (Å²) in [5.74, 6) is -0.233. The second-order valence-electron chi connectivity index (χ2n) is 2.62. The summed E-state index contributed by atoms with van der Waals surface area (Å²) in [6, 6.07) is 3.07. The maximum absolute atomic E-state index is 11.9. The number of aryl methyl sites for hydroxylation is 1. The van der Waals surface area contributed by atoms with Gasteiger partial charge in [0, 0.05) is 11.8 Å². The molecule has 1 heterocycles. The van der Waals surface area contributed by atoms with Crippen molar-refractivity contribution in [3.63, 3.8) is 0 Å². The van der Waals surface area contributed by atoms with Crippen molar-refractivity contribution in [3.05, 3.63) is 23.9 Å². The van der Waals surface area contributed by atoms with E-state index in [1.54, 1.807) is 6.07 Å². The van der Waals surface area contributed by atoms with E-state index in [1.165, 1.54) is 12.3 Å². The lowest BCUT2D eigenvalue weighted by Crippen LogP contribution is -2.08. The van der Waals surface area contributed by atoms with E-state index in [9.17, 15) is 13.0 Å². The molecule has 0 spiro atoms. The average molecular weight is 237 g/mol. The molecule has 1 unspecified atom stereocenters. The van der Waals surface area contributed by atoms with E-state index in [2.05, 4.69) is 9.72 Å². The topological polar surface area (TPSA) is 59.4 Å². The van der Waals surface area contributed by atoms with Crippen molar-refractivity contribution in [1.29, 1.82) is 0 Å². The van der Waals surface area contributed by atoms with Gasteiger partial charge in [0.2, 0.25) is 5.88 Å². The lowest BCUT2D eigenvalue weighted by molar-refractivity contribution is -0.0534. The highest BCUT2D eigenvalue weighted by atomic mass is 32.2. The third-order valence-corrected chi connectivity index (χ3v) is 2.15. The quantitative estimate of drug-likeness (QED) is 0.787. The second kappa shape index (κ2) is 5.72. The Balaban J connectivity index is 2.72. The zero-order valence-corrected chi connectivity index (χ0v) is 8.42. The lowest BCUT2D eigenvalue weighted by atomic mass is 10.2. The van der Waals surface area contributed by atoms with Gasteiger partial charge in [-0.25, -0.2) is 9.19 Å². The molecule has 15 heavy (non-hydrogen) atoms. The van der Waals surface area contributed by atoms with E-state index in [0.717, 1.165) is 0 Å². The molecule has 7 heteroatoms. The Kier molecular flexibility index (Phi) is 4.57. The van der Waals surface area contributed by atoms with E-state index in [-0.39, 0.29) is 18.1 Å². The van der Waals surface area contributed by atoms with Gasteiger partial charge >= 0.3 is 6.61 Å². The van der Waals surface area contributed by atoms with Crippen LogP contribution in [0.1, 0.15) is 5.56 Å². The maximum atomic E-state index is 11.9. The van der Waals surface area contributed by atoms with E-state index >= 15 is 0 Å². The smallest absolute Gasteiger partial charge is 0.388 e. The Labute approximate surface area is 87.6 Å². The van der Waals surface area contributed by atoms with Crippen LogP contribution in [0, 0.1) is 0 Å². The minimum Gasteiger partial charge on any atom is -0.417 e. The van der Waals surface area contributed by atoms with Crippen molar-refractivity contribution < 1.29 is 22.3 Å². The van der Waals surface area contributed by atoms with Crippen molar-refractivity contribution in [3.8, 4) is 5.88 Å². The van der Waals surface area contributed by atoms with Crippen LogP contribution in [0.15, 0.2) is 18.3 Å². The molecule has 1 rings (SSSR count). The molecule has 1 aromatic heterocycles. The first-order valence-electron chi connectivity index (χ1n) is 4.05. The fourth-order valence-electron chi connectivity index (χ4n) is 1.00. The Hall–Kier alpha value is -1.08. The van der Waals surface area contributed by atoms with Crippen LogP contribution in [0.25, 0.3) is 0 Å². The van der Waals surface area contributed by atoms with Crippen LogP contribution in [0.5, 0.6) is 5.88 Å². The van der Waals surface area contributed by atoms with E-state index in [4.69, 9.17) is 4.55 Å². The molecule has 0 aliphatic carbocycles. The molecule has 84 valence electrons. The summed E-state index contributed by atoms with van der Waals surface area (Å²) in [6.45, 7) is -2.95. The van der Waals surface area contributed by atoms with E-state index in [0.29, 0.717) is 5.56 Å². The van der Waals surface area contributed by atoms with E-state index < -0.39 is 17.7 Å². The Bertz CT molecular complexity index is 348. The highest BCUT2D eigenvalue weighted by Gasteiger charge is 2.10. The summed E-state index contributed by atoms with van der Waals surface area (Å²) in [6.07, 6.45) is 1.48. The van der Waals surface area contributed by atoms with Gasteiger partial charge in [0.15, 0.2) is 11.1 Å². The number of halogens is 2. The molecule has 0 radical (unpaired) electrons. The summed E-state index contributed by atoms with van der Waals surface area (Å²) in [5, 5.41) is 0.